The molecule has 0 aromatic rings. The highest BCUT2D eigenvalue weighted by molar-refractivity contribution is 5.92. The molecule has 0 atom stereocenters. The molecule has 0 bridgehead atoms. The van der Waals surface area contributed by atoms with Crippen molar-refractivity contribution < 1.29 is 9.59 Å². The summed E-state index contributed by atoms with van der Waals surface area (Å²) in [4.78, 5) is 29.0. The summed E-state index contributed by atoms with van der Waals surface area (Å²) in [6.45, 7) is 5.22. The zero-order chi connectivity index (χ0) is 15.4. The number of nitrogens with zero attached hydrogens (tertiary/aromatic N) is 3. The molecule has 2 rings (SSSR count). The van der Waals surface area contributed by atoms with Gasteiger partial charge in [0.2, 0.25) is 11.8 Å². The predicted molar refractivity (Wildman–Crippen MR) is 79.7 cm³/mol. The number of rotatable bonds is 4. The molecule has 3 N–H and O–H groups in total. The molecule has 2 saturated heterocycles. The number of likely N-dealkylation sites (N-methyl/N-ethyl adjacent to an activating group) is 1. The predicted octanol–water partition coefficient (Wildman–Crippen LogP) is -0.327. The smallest absolute Gasteiger partial charge is 0.242 e. The van der Waals surface area contributed by atoms with Crippen LogP contribution in [0.25, 0.3) is 0 Å². The fourth-order valence-corrected chi connectivity index (χ4v) is 3.00. The highest BCUT2D eigenvalue weighted by Gasteiger charge is 2.29. The molecule has 0 unspecified atom stereocenters. The van der Waals surface area contributed by atoms with Crippen LogP contribution in [0.4, 0.5) is 0 Å². The van der Waals surface area contributed by atoms with Gasteiger partial charge in [0.05, 0.1) is 13.1 Å². The summed E-state index contributed by atoms with van der Waals surface area (Å²) in [5, 5.41) is 7.41. The number of guanidine groups is 1. The number of nitrogens with one attached hydrogen (secondary N) is 1. The van der Waals surface area contributed by atoms with Crippen LogP contribution < -0.4 is 5.73 Å². The standard InChI is InChI=1S/C14H25N5O2/c1-2-17-9-13(21)19(10-12(17)20)8-5-11-3-6-18(7-4-11)14(15)16/h11H,2-10H2,1H3,(H3,15,16). The summed E-state index contributed by atoms with van der Waals surface area (Å²) in [6.07, 6.45) is 2.92. The van der Waals surface area contributed by atoms with E-state index < -0.39 is 0 Å². The van der Waals surface area contributed by atoms with Crippen molar-refractivity contribution in [2.45, 2.75) is 26.2 Å². The molecule has 7 nitrogen and oxygen atoms in total. The molecule has 0 radical (unpaired) electrons. The van der Waals surface area contributed by atoms with Crippen molar-refractivity contribution in [2.24, 2.45) is 11.7 Å². The van der Waals surface area contributed by atoms with Crippen LogP contribution in [0, 0.1) is 11.3 Å². The van der Waals surface area contributed by atoms with Crippen LogP contribution in [0.1, 0.15) is 26.2 Å². The van der Waals surface area contributed by atoms with Crippen molar-refractivity contribution in [3.05, 3.63) is 0 Å². The Kier molecular flexibility index (Phi) is 5.03. The number of hydrogen-bond donors (Lipinski definition) is 2. The summed E-state index contributed by atoms with van der Waals surface area (Å²) >= 11 is 0. The molecule has 2 aliphatic heterocycles. The Bertz CT molecular complexity index is 418. The Morgan fingerprint density at radius 3 is 2.33 bits per heavy atom. The van der Waals surface area contributed by atoms with Crippen LogP contribution in [-0.2, 0) is 9.59 Å². The second-order valence-electron chi connectivity index (χ2n) is 5.83. The van der Waals surface area contributed by atoms with Crippen LogP contribution in [-0.4, -0.2) is 71.7 Å². The first kappa shape index (κ1) is 15.6. The second kappa shape index (κ2) is 6.78. The van der Waals surface area contributed by atoms with Gasteiger partial charge in [-0.1, -0.05) is 0 Å². The number of hydrogen-bond acceptors (Lipinski definition) is 3. The first-order chi connectivity index (χ1) is 10.0. The van der Waals surface area contributed by atoms with Gasteiger partial charge in [-0.2, -0.15) is 0 Å². The van der Waals surface area contributed by atoms with E-state index in [1.165, 1.54) is 0 Å². The van der Waals surface area contributed by atoms with Gasteiger partial charge in [-0.15, -0.1) is 0 Å². The number of carbonyl (C=O) groups is 2. The van der Waals surface area contributed by atoms with Gasteiger partial charge >= 0.3 is 0 Å². The van der Waals surface area contributed by atoms with Gasteiger partial charge in [0, 0.05) is 26.2 Å². The van der Waals surface area contributed by atoms with E-state index in [0.717, 1.165) is 32.4 Å². The summed E-state index contributed by atoms with van der Waals surface area (Å²) in [5.41, 5.74) is 5.48. The van der Waals surface area contributed by atoms with Gasteiger partial charge in [-0.3, -0.25) is 15.0 Å². The lowest BCUT2D eigenvalue weighted by Crippen LogP contribution is -2.54. The van der Waals surface area contributed by atoms with E-state index in [4.69, 9.17) is 11.1 Å². The summed E-state index contributed by atoms with van der Waals surface area (Å²) in [7, 11) is 0. The second-order valence-corrected chi connectivity index (χ2v) is 5.83. The van der Waals surface area contributed by atoms with Crippen molar-refractivity contribution in [1.82, 2.24) is 14.7 Å². The topological polar surface area (TPSA) is 93.7 Å². The summed E-state index contributed by atoms with van der Waals surface area (Å²) in [6, 6.07) is 0. The van der Waals surface area contributed by atoms with Crippen molar-refractivity contribution in [3.8, 4) is 0 Å². The number of amides is 2. The Hall–Kier alpha value is -1.79. The van der Waals surface area contributed by atoms with Gasteiger partial charge in [0.25, 0.3) is 0 Å². The highest BCUT2D eigenvalue weighted by Crippen LogP contribution is 2.21. The summed E-state index contributed by atoms with van der Waals surface area (Å²) in [5.74, 6) is 0.790. The zero-order valence-corrected chi connectivity index (χ0v) is 12.7. The maximum Gasteiger partial charge on any atom is 0.242 e. The van der Waals surface area contributed by atoms with Crippen molar-refractivity contribution in [3.63, 3.8) is 0 Å². The minimum Gasteiger partial charge on any atom is -0.370 e. The molecular formula is C14H25N5O2. The Labute approximate surface area is 125 Å². The fourth-order valence-electron chi connectivity index (χ4n) is 3.00. The lowest BCUT2D eigenvalue weighted by atomic mass is 9.93. The maximum atomic E-state index is 12.0. The SMILES string of the molecule is CCN1CC(=O)N(CCC2CCN(C(=N)N)CC2)CC1=O. The van der Waals surface area contributed by atoms with E-state index in [1.807, 2.05) is 11.8 Å². The van der Waals surface area contributed by atoms with E-state index in [2.05, 4.69) is 0 Å². The van der Waals surface area contributed by atoms with E-state index in [1.54, 1.807) is 9.80 Å². The molecule has 0 spiro atoms. The molecule has 21 heavy (non-hydrogen) atoms. The molecule has 0 aromatic carbocycles. The van der Waals surface area contributed by atoms with Gasteiger partial charge in [0.15, 0.2) is 5.96 Å². The molecule has 0 saturated carbocycles. The first-order valence-electron chi connectivity index (χ1n) is 7.65. The van der Waals surface area contributed by atoms with Crippen LogP contribution in [0.3, 0.4) is 0 Å². The van der Waals surface area contributed by atoms with Gasteiger partial charge in [-0.25, -0.2) is 0 Å². The van der Waals surface area contributed by atoms with E-state index in [0.29, 0.717) is 19.0 Å². The highest BCUT2D eigenvalue weighted by atomic mass is 16.2. The normalized spacial score (nSPS) is 21.1. The number of piperidine rings is 1. The van der Waals surface area contributed by atoms with E-state index in [9.17, 15) is 9.59 Å². The lowest BCUT2D eigenvalue weighted by molar-refractivity contribution is -0.150. The fraction of sp³-hybridized carbons (Fsp3) is 0.786. The van der Waals surface area contributed by atoms with Crippen molar-refractivity contribution in [1.29, 1.82) is 5.41 Å². The Morgan fingerprint density at radius 2 is 1.76 bits per heavy atom. The van der Waals surface area contributed by atoms with Crippen LogP contribution in [0.2, 0.25) is 0 Å². The Balaban J connectivity index is 1.75. The molecule has 7 heteroatoms. The molecule has 0 aromatic heterocycles. The monoisotopic (exact) mass is 295 g/mol. The zero-order valence-electron chi connectivity index (χ0n) is 12.7. The van der Waals surface area contributed by atoms with Gasteiger partial charge < -0.3 is 20.4 Å². The molecule has 2 aliphatic rings. The minimum absolute atomic E-state index is 0.0449. The molecule has 2 heterocycles. The summed E-state index contributed by atoms with van der Waals surface area (Å²) < 4.78 is 0. The minimum atomic E-state index is 0.0449. The third kappa shape index (κ3) is 3.86. The molecule has 118 valence electrons. The molecule has 2 amide bonds. The number of likely N-dealkylation sites (tertiary alicyclic amines) is 1. The number of nitrogens with two attached hydrogens (primary N) is 1. The van der Waals surface area contributed by atoms with E-state index in [-0.39, 0.29) is 30.9 Å². The maximum absolute atomic E-state index is 12.0. The quantitative estimate of drug-likeness (QED) is 0.549. The molecule has 0 aliphatic carbocycles. The van der Waals surface area contributed by atoms with Crippen molar-refractivity contribution in [2.75, 3.05) is 39.3 Å². The average Bonchev–Trinajstić information content (AvgIpc) is 2.48. The average molecular weight is 295 g/mol. The van der Waals surface area contributed by atoms with Crippen LogP contribution >= 0.6 is 0 Å². The van der Waals surface area contributed by atoms with Gasteiger partial charge in [0.1, 0.15) is 0 Å². The number of carbonyl (C=O) groups excluding carboxylic acids is 2. The van der Waals surface area contributed by atoms with Crippen LogP contribution in [0.15, 0.2) is 0 Å². The lowest BCUT2D eigenvalue weighted by Gasteiger charge is -2.36. The Morgan fingerprint density at radius 1 is 1.19 bits per heavy atom. The third-order valence-corrected chi connectivity index (χ3v) is 4.50. The van der Waals surface area contributed by atoms with E-state index >= 15 is 0 Å². The molecule has 2 fully saturated rings. The largest absolute Gasteiger partial charge is 0.370 e. The molecular weight excluding hydrogens is 270 g/mol. The van der Waals surface area contributed by atoms with Crippen molar-refractivity contribution >= 4 is 17.8 Å². The third-order valence-electron chi connectivity index (χ3n) is 4.50. The van der Waals surface area contributed by atoms with Gasteiger partial charge in [-0.05, 0) is 32.1 Å². The number of piperazine rings is 1. The van der Waals surface area contributed by atoms with Crippen LogP contribution in [0.5, 0.6) is 0 Å². The first-order valence-corrected chi connectivity index (χ1v) is 7.65.